The quantitative estimate of drug-likeness (QED) is 0.713. The summed E-state index contributed by atoms with van der Waals surface area (Å²) in [4.78, 5) is 4.05. The number of ether oxygens (including phenoxy) is 2. The van der Waals surface area contributed by atoms with Gasteiger partial charge in [-0.05, 0) is 24.1 Å². The number of pyridine rings is 1. The zero-order valence-corrected chi connectivity index (χ0v) is 9.27. The number of rotatable bonds is 6. The van der Waals surface area contributed by atoms with Gasteiger partial charge in [0.1, 0.15) is 0 Å². The van der Waals surface area contributed by atoms with Crippen LogP contribution >= 0.6 is 0 Å². The molecule has 15 heavy (non-hydrogen) atoms. The molecule has 84 valence electrons. The van der Waals surface area contributed by atoms with Crippen LogP contribution in [0.4, 0.5) is 0 Å². The van der Waals surface area contributed by atoms with E-state index >= 15 is 0 Å². The fraction of sp³-hybridized carbons (Fsp3) is 0.545. The lowest BCUT2D eigenvalue weighted by Crippen LogP contribution is -2.19. The van der Waals surface area contributed by atoms with Crippen molar-refractivity contribution in [1.82, 2.24) is 4.98 Å². The number of nitrogens with zero attached hydrogens (tertiary/aromatic N) is 1. The maximum atomic E-state index is 5.97. The molecule has 0 aliphatic carbocycles. The summed E-state index contributed by atoms with van der Waals surface area (Å²) >= 11 is 0. The van der Waals surface area contributed by atoms with E-state index in [9.17, 15) is 0 Å². The fourth-order valence-electron chi connectivity index (χ4n) is 1.31. The Balaban J connectivity index is 2.40. The molecule has 0 aliphatic rings. The highest BCUT2D eigenvalue weighted by atomic mass is 16.5. The Labute approximate surface area is 90.4 Å². The second-order valence-electron chi connectivity index (χ2n) is 3.41. The number of hydrogen-bond acceptors (Lipinski definition) is 4. The molecule has 0 amide bonds. The highest BCUT2D eigenvalue weighted by Gasteiger charge is 2.08. The Morgan fingerprint density at radius 1 is 1.47 bits per heavy atom. The van der Waals surface area contributed by atoms with Crippen LogP contribution in [0.3, 0.4) is 0 Å². The minimum atomic E-state index is -0.115. The molecule has 0 aromatic carbocycles. The third kappa shape index (κ3) is 3.95. The van der Waals surface area contributed by atoms with E-state index in [1.165, 1.54) is 0 Å². The van der Waals surface area contributed by atoms with Gasteiger partial charge in [-0.25, -0.2) is 0 Å². The van der Waals surface area contributed by atoms with Gasteiger partial charge >= 0.3 is 0 Å². The highest BCUT2D eigenvalue weighted by Crippen LogP contribution is 2.13. The minimum absolute atomic E-state index is 0.115. The summed E-state index contributed by atoms with van der Waals surface area (Å²) in [5.74, 6) is 0. The molecule has 1 unspecified atom stereocenters. The van der Waals surface area contributed by atoms with Crippen LogP contribution in [0.5, 0.6) is 0 Å². The predicted octanol–water partition coefficient (Wildman–Crippen LogP) is 1.05. The van der Waals surface area contributed by atoms with Crippen LogP contribution in [0.25, 0.3) is 0 Å². The lowest BCUT2D eigenvalue weighted by Gasteiger charge is -2.14. The topological polar surface area (TPSA) is 57.4 Å². The standard InChI is InChI=1S/C11H18N2O2/c1-9-3-4-13-7-10(9)11(12)8-15-6-5-14-2/h3-4,7,11H,5-6,8,12H2,1-2H3. The molecule has 0 spiro atoms. The molecule has 2 N–H and O–H groups in total. The van der Waals surface area contributed by atoms with Gasteiger partial charge in [0.05, 0.1) is 25.9 Å². The van der Waals surface area contributed by atoms with Crippen molar-refractivity contribution in [2.45, 2.75) is 13.0 Å². The van der Waals surface area contributed by atoms with Crippen molar-refractivity contribution in [3.63, 3.8) is 0 Å². The van der Waals surface area contributed by atoms with Crippen LogP contribution in [-0.2, 0) is 9.47 Å². The first-order valence-corrected chi connectivity index (χ1v) is 4.98. The van der Waals surface area contributed by atoms with Crippen LogP contribution in [0.2, 0.25) is 0 Å². The van der Waals surface area contributed by atoms with E-state index in [0.717, 1.165) is 11.1 Å². The Bertz CT molecular complexity index is 292. The summed E-state index contributed by atoms with van der Waals surface area (Å²) < 4.78 is 10.2. The number of hydrogen-bond donors (Lipinski definition) is 1. The molecule has 0 saturated carbocycles. The number of aromatic nitrogens is 1. The van der Waals surface area contributed by atoms with Crippen molar-refractivity contribution in [2.75, 3.05) is 26.9 Å². The van der Waals surface area contributed by atoms with Gasteiger partial charge in [0, 0.05) is 19.5 Å². The zero-order chi connectivity index (χ0) is 11.1. The Morgan fingerprint density at radius 3 is 2.93 bits per heavy atom. The van der Waals surface area contributed by atoms with Crippen molar-refractivity contribution < 1.29 is 9.47 Å². The van der Waals surface area contributed by atoms with Gasteiger partial charge in [0.15, 0.2) is 0 Å². The molecule has 4 nitrogen and oxygen atoms in total. The lowest BCUT2D eigenvalue weighted by atomic mass is 10.1. The monoisotopic (exact) mass is 210 g/mol. The van der Waals surface area contributed by atoms with Crippen molar-refractivity contribution in [3.05, 3.63) is 29.6 Å². The van der Waals surface area contributed by atoms with E-state index in [2.05, 4.69) is 4.98 Å². The van der Waals surface area contributed by atoms with Crippen LogP contribution in [0, 0.1) is 6.92 Å². The van der Waals surface area contributed by atoms with Gasteiger partial charge in [-0.3, -0.25) is 4.98 Å². The molecule has 1 atom stereocenters. The molecule has 1 aromatic heterocycles. The first kappa shape index (κ1) is 12.1. The molecule has 0 fully saturated rings. The second kappa shape index (κ2) is 6.50. The van der Waals surface area contributed by atoms with Crippen molar-refractivity contribution >= 4 is 0 Å². The van der Waals surface area contributed by atoms with Crippen molar-refractivity contribution in [3.8, 4) is 0 Å². The average Bonchev–Trinajstić information content (AvgIpc) is 2.25. The van der Waals surface area contributed by atoms with E-state index in [1.807, 2.05) is 13.0 Å². The van der Waals surface area contributed by atoms with E-state index in [4.69, 9.17) is 15.2 Å². The van der Waals surface area contributed by atoms with Gasteiger partial charge < -0.3 is 15.2 Å². The van der Waals surface area contributed by atoms with Crippen LogP contribution in [0.1, 0.15) is 17.2 Å². The van der Waals surface area contributed by atoms with Crippen LogP contribution < -0.4 is 5.73 Å². The van der Waals surface area contributed by atoms with Gasteiger partial charge in [-0.1, -0.05) is 0 Å². The summed E-state index contributed by atoms with van der Waals surface area (Å²) in [7, 11) is 1.65. The minimum Gasteiger partial charge on any atom is -0.382 e. The molecular weight excluding hydrogens is 192 g/mol. The average molecular weight is 210 g/mol. The zero-order valence-electron chi connectivity index (χ0n) is 9.27. The molecule has 1 aromatic rings. The predicted molar refractivity (Wildman–Crippen MR) is 58.6 cm³/mol. The second-order valence-corrected chi connectivity index (χ2v) is 3.41. The Morgan fingerprint density at radius 2 is 2.27 bits per heavy atom. The number of methoxy groups -OCH3 is 1. The molecule has 0 aliphatic heterocycles. The van der Waals surface area contributed by atoms with Gasteiger partial charge in [0.2, 0.25) is 0 Å². The van der Waals surface area contributed by atoms with E-state index in [-0.39, 0.29) is 6.04 Å². The van der Waals surface area contributed by atoms with Gasteiger partial charge in [-0.15, -0.1) is 0 Å². The van der Waals surface area contributed by atoms with Crippen LogP contribution in [0.15, 0.2) is 18.5 Å². The van der Waals surface area contributed by atoms with Crippen molar-refractivity contribution in [2.24, 2.45) is 5.73 Å². The summed E-state index contributed by atoms with van der Waals surface area (Å²) in [6.07, 6.45) is 3.55. The normalized spacial score (nSPS) is 12.7. The highest BCUT2D eigenvalue weighted by molar-refractivity contribution is 5.24. The molecule has 0 saturated heterocycles. The maximum Gasteiger partial charge on any atom is 0.0701 e. The molecule has 4 heteroatoms. The van der Waals surface area contributed by atoms with E-state index in [1.54, 1.807) is 19.5 Å². The van der Waals surface area contributed by atoms with Crippen molar-refractivity contribution in [1.29, 1.82) is 0 Å². The smallest absolute Gasteiger partial charge is 0.0701 e. The maximum absolute atomic E-state index is 5.97. The van der Waals surface area contributed by atoms with E-state index < -0.39 is 0 Å². The molecule has 1 heterocycles. The summed E-state index contributed by atoms with van der Waals surface area (Å²) in [5.41, 5.74) is 8.16. The summed E-state index contributed by atoms with van der Waals surface area (Å²) in [5, 5.41) is 0. The SMILES string of the molecule is COCCOCC(N)c1cnccc1C. The Hall–Kier alpha value is -0.970. The molecule has 0 bridgehead atoms. The first-order valence-electron chi connectivity index (χ1n) is 4.98. The number of nitrogens with two attached hydrogens (primary N) is 1. The largest absolute Gasteiger partial charge is 0.382 e. The van der Waals surface area contributed by atoms with Gasteiger partial charge in [0.25, 0.3) is 0 Å². The fourth-order valence-corrected chi connectivity index (χ4v) is 1.31. The molecular formula is C11H18N2O2. The summed E-state index contributed by atoms with van der Waals surface area (Å²) in [6, 6.07) is 1.83. The number of aryl methyl sites for hydroxylation is 1. The third-order valence-electron chi connectivity index (χ3n) is 2.21. The van der Waals surface area contributed by atoms with E-state index in [0.29, 0.717) is 19.8 Å². The first-order chi connectivity index (χ1) is 7.25. The lowest BCUT2D eigenvalue weighted by molar-refractivity contribution is 0.0635. The van der Waals surface area contributed by atoms with Crippen LogP contribution in [-0.4, -0.2) is 31.9 Å². The summed E-state index contributed by atoms with van der Waals surface area (Å²) in [6.45, 7) is 3.68. The molecule has 0 radical (unpaired) electrons. The third-order valence-corrected chi connectivity index (χ3v) is 2.21. The molecule has 1 rings (SSSR count). The van der Waals surface area contributed by atoms with Gasteiger partial charge in [-0.2, -0.15) is 0 Å². The Kier molecular flexibility index (Phi) is 5.25.